The molecule has 2 nitrogen and oxygen atoms in total. The summed E-state index contributed by atoms with van der Waals surface area (Å²) in [5, 5.41) is 0. The smallest absolute Gasteiger partial charge is 0.0467 e. The van der Waals surface area contributed by atoms with E-state index in [0.29, 0.717) is 0 Å². The van der Waals surface area contributed by atoms with Crippen LogP contribution >= 0.6 is 0 Å². The van der Waals surface area contributed by atoms with Gasteiger partial charge in [-0.05, 0) is 128 Å². The van der Waals surface area contributed by atoms with Crippen LogP contribution in [-0.4, -0.2) is 0 Å². The SMILES string of the molecule is c1ccc(-c2cccc(N(c3cccc(-c4ccccc4)c3)c3cccc(-c4cccc(N(c5cccc(-c6ccccc6)c5)c5cccc(-c6ccccc6)c5)c4)c3)c2)cc1. The van der Waals surface area contributed by atoms with Crippen LogP contribution in [0.1, 0.15) is 0 Å². The number of hydrogen-bond acceptors (Lipinski definition) is 2. The molecule has 10 rings (SSSR count). The molecule has 0 spiro atoms. The van der Waals surface area contributed by atoms with E-state index in [2.05, 4.69) is 277 Å². The highest BCUT2D eigenvalue weighted by Gasteiger charge is 2.18. The van der Waals surface area contributed by atoms with Crippen molar-refractivity contribution >= 4 is 34.1 Å². The van der Waals surface area contributed by atoms with Crippen molar-refractivity contribution in [3.8, 4) is 55.6 Å². The Bertz CT molecular complexity index is 2690. The summed E-state index contributed by atoms with van der Waals surface area (Å²) in [7, 11) is 0. The molecule has 0 saturated carbocycles. The molecule has 62 heavy (non-hydrogen) atoms. The van der Waals surface area contributed by atoms with E-state index in [1.165, 1.54) is 44.5 Å². The first-order valence-electron chi connectivity index (χ1n) is 21.2. The van der Waals surface area contributed by atoms with E-state index >= 15 is 0 Å². The van der Waals surface area contributed by atoms with Crippen LogP contribution in [0.2, 0.25) is 0 Å². The van der Waals surface area contributed by atoms with Crippen LogP contribution in [-0.2, 0) is 0 Å². The van der Waals surface area contributed by atoms with Crippen LogP contribution in [0.4, 0.5) is 34.1 Å². The van der Waals surface area contributed by atoms with Gasteiger partial charge in [-0.2, -0.15) is 0 Å². The fourth-order valence-corrected chi connectivity index (χ4v) is 8.36. The van der Waals surface area contributed by atoms with Crippen LogP contribution in [0.5, 0.6) is 0 Å². The fourth-order valence-electron chi connectivity index (χ4n) is 8.36. The predicted octanol–water partition coefficient (Wildman–Crippen LogP) is 17.0. The zero-order valence-electron chi connectivity index (χ0n) is 34.3. The molecule has 2 heteroatoms. The Labute approximate surface area is 364 Å². The number of rotatable bonds is 11. The highest BCUT2D eigenvalue weighted by Crippen LogP contribution is 2.42. The Balaban J connectivity index is 1.09. The first-order valence-corrected chi connectivity index (χ1v) is 21.2. The molecule has 0 aliphatic rings. The first-order chi connectivity index (χ1) is 30.7. The Hall–Kier alpha value is -8.20. The van der Waals surface area contributed by atoms with Gasteiger partial charge in [-0.15, -0.1) is 0 Å². The van der Waals surface area contributed by atoms with Gasteiger partial charge in [0.1, 0.15) is 0 Å². The molecule has 0 atom stereocenters. The topological polar surface area (TPSA) is 6.48 Å². The van der Waals surface area contributed by atoms with Crippen molar-refractivity contribution in [3.05, 3.63) is 267 Å². The molecule has 0 bridgehead atoms. The van der Waals surface area contributed by atoms with Crippen molar-refractivity contribution in [3.63, 3.8) is 0 Å². The van der Waals surface area contributed by atoms with Crippen LogP contribution in [0.15, 0.2) is 267 Å². The van der Waals surface area contributed by atoms with Gasteiger partial charge in [0.05, 0.1) is 0 Å². The normalized spacial score (nSPS) is 10.9. The second kappa shape index (κ2) is 17.6. The first kappa shape index (κ1) is 38.0. The number of anilines is 6. The van der Waals surface area contributed by atoms with Crippen LogP contribution in [0.25, 0.3) is 55.6 Å². The Morgan fingerprint density at radius 2 is 0.306 bits per heavy atom. The largest absolute Gasteiger partial charge is 0.310 e. The maximum Gasteiger partial charge on any atom is 0.0467 e. The summed E-state index contributed by atoms with van der Waals surface area (Å²) in [5.41, 5.74) is 18.2. The molecular formula is C60H44N2. The van der Waals surface area contributed by atoms with Crippen LogP contribution < -0.4 is 9.80 Å². The van der Waals surface area contributed by atoms with Gasteiger partial charge in [0, 0.05) is 34.1 Å². The molecule has 0 saturated heterocycles. The zero-order valence-corrected chi connectivity index (χ0v) is 34.3. The second-order valence-electron chi connectivity index (χ2n) is 15.4. The van der Waals surface area contributed by atoms with E-state index in [1.54, 1.807) is 0 Å². The third kappa shape index (κ3) is 8.18. The maximum atomic E-state index is 2.38. The molecule has 0 aliphatic heterocycles. The fraction of sp³-hybridized carbons (Fsp3) is 0. The maximum absolute atomic E-state index is 2.38. The van der Waals surface area contributed by atoms with Gasteiger partial charge >= 0.3 is 0 Å². The van der Waals surface area contributed by atoms with Gasteiger partial charge in [-0.25, -0.2) is 0 Å². The Kier molecular flexibility index (Phi) is 10.8. The van der Waals surface area contributed by atoms with E-state index < -0.39 is 0 Å². The monoisotopic (exact) mass is 792 g/mol. The van der Waals surface area contributed by atoms with E-state index in [-0.39, 0.29) is 0 Å². The highest BCUT2D eigenvalue weighted by molar-refractivity contribution is 5.87. The minimum Gasteiger partial charge on any atom is -0.310 e. The van der Waals surface area contributed by atoms with E-state index in [4.69, 9.17) is 0 Å². The molecule has 0 unspecified atom stereocenters. The molecule has 10 aromatic rings. The molecular weight excluding hydrogens is 749 g/mol. The van der Waals surface area contributed by atoms with E-state index in [9.17, 15) is 0 Å². The summed E-state index contributed by atoms with van der Waals surface area (Å²) in [6.45, 7) is 0. The lowest BCUT2D eigenvalue weighted by Crippen LogP contribution is -2.11. The summed E-state index contributed by atoms with van der Waals surface area (Å²) >= 11 is 0. The van der Waals surface area contributed by atoms with Crippen molar-refractivity contribution in [2.45, 2.75) is 0 Å². The van der Waals surface area contributed by atoms with E-state index in [0.717, 1.165) is 45.3 Å². The molecule has 0 fully saturated rings. The number of nitrogens with zero attached hydrogens (tertiary/aromatic N) is 2. The third-order valence-corrected chi connectivity index (χ3v) is 11.4. The molecule has 294 valence electrons. The Morgan fingerprint density at radius 3 is 0.500 bits per heavy atom. The lowest BCUT2D eigenvalue weighted by Gasteiger charge is -2.28. The summed E-state index contributed by atoms with van der Waals surface area (Å²) < 4.78 is 0. The molecule has 0 amide bonds. The quantitative estimate of drug-likeness (QED) is 0.129. The van der Waals surface area contributed by atoms with Gasteiger partial charge in [0.25, 0.3) is 0 Å². The van der Waals surface area contributed by atoms with Crippen molar-refractivity contribution in [2.75, 3.05) is 9.80 Å². The lowest BCUT2D eigenvalue weighted by atomic mass is 10.0. The molecule has 10 aromatic carbocycles. The minimum atomic E-state index is 1.08. The van der Waals surface area contributed by atoms with Crippen molar-refractivity contribution < 1.29 is 0 Å². The van der Waals surface area contributed by atoms with Gasteiger partial charge in [0.15, 0.2) is 0 Å². The summed E-state index contributed by atoms with van der Waals surface area (Å²) in [4.78, 5) is 4.76. The third-order valence-electron chi connectivity index (χ3n) is 11.4. The summed E-state index contributed by atoms with van der Waals surface area (Å²) in [5.74, 6) is 0. The predicted molar refractivity (Wildman–Crippen MR) is 263 cm³/mol. The molecule has 0 aliphatic carbocycles. The average molecular weight is 793 g/mol. The van der Waals surface area contributed by atoms with Crippen molar-refractivity contribution in [2.24, 2.45) is 0 Å². The van der Waals surface area contributed by atoms with Gasteiger partial charge in [0.2, 0.25) is 0 Å². The lowest BCUT2D eigenvalue weighted by molar-refractivity contribution is 1.28. The average Bonchev–Trinajstić information content (AvgIpc) is 3.36. The van der Waals surface area contributed by atoms with E-state index in [1.807, 2.05) is 0 Å². The van der Waals surface area contributed by atoms with Gasteiger partial charge in [-0.3, -0.25) is 0 Å². The summed E-state index contributed by atoms with van der Waals surface area (Å²) in [6.07, 6.45) is 0. The van der Waals surface area contributed by atoms with Crippen LogP contribution in [0, 0.1) is 0 Å². The second-order valence-corrected chi connectivity index (χ2v) is 15.4. The van der Waals surface area contributed by atoms with Gasteiger partial charge in [-0.1, -0.05) is 194 Å². The highest BCUT2D eigenvalue weighted by atomic mass is 15.1. The van der Waals surface area contributed by atoms with Crippen LogP contribution in [0.3, 0.4) is 0 Å². The minimum absolute atomic E-state index is 1.08. The van der Waals surface area contributed by atoms with Crippen molar-refractivity contribution in [1.82, 2.24) is 0 Å². The molecule has 0 aromatic heterocycles. The number of hydrogen-bond donors (Lipinski definition) is 0. The molecule has 0 N–H and O–H groups in total. The molecule has 0 heterocycles. The summed E-state index contributed by atoms with van der Waals surface area (Å²) in [6, 6.07) is 95.7. The Morgan fingerprint density at radius 1 is 0.145 bits per heavy atom. The zero-order chi connectivity index (χ0) is 41.5. The standard InChI is InChI=1S/C60H44N2/c1-5-19-45(20-6-1)49-27-13-33-55(39-49)61(56-34-14-28-50(40-56)46-21-7-2-8-22-46)59-37-17-31-53(43-59)54-32-18-38-60(44-54)62(57-35-15-29-51(41-57)47-23-9-3-10-24-47)58-36-16-30-52(42-58)48-25-11-4-12-26-48/h1-44H. The van der Waals surface area contributed by atoms with Gasteiger partial charge < -0.3 is 9.80 Å². The van der Waals surface area contributed by atoms with Crippen molar-refractivity contribution in [1.29, 1.82) is 0 Å². The molecule has 0 radical (unpaired) electrons. The number of benzene rings is 10.